The second kappa shape index (κ2) is 8.60. The first-order chi connectivity index (χ1) is 15.3. The Morgan fingerprint density at radius 1 is 0.613 bits per heavy atom. The van der Waals surface area contributed by atoms with Crippen molar-refractivity contribution in [3.05, 3.63) is 71.8 Å². The predicted octanol–water partition coefficient (Wildman–Crippen LogP) is 2.42. The molecular formula is C24H26O7. The van der Waals surface area contributed by atoms with E-state index in [0.29, 0.717) is 26.4 Å². The first-order valence-electron chi connectivity index (χ1n) is 10.9. The zero-order chi connectivity index (χ0) is 20.6. The van der Waals surface area contributed by atoms with Crippen molar-refractivity contribution in [1.82, 2.24) is 0 Å². The molecule has 4 heterocycles. The third-order valence-electron chi connectivity index (χ3n) is 6.11. The van der Waals surface area contributed by atoms with Crippen LogP contribution in [0.2, 0.25) is 0 Å². The monoisotopic (exact) mass is 426 g/mol. The molecule has 8 atom stereocenters. The number of benzene rings is 2. The van der Waals surface area contributed by atoms with Crippen molar-refractivity contribution in [3.63, 3.8) is 0 Å². The summed E-state index contributed by atoms with van der Waals surface area (Å²) in [5, 5.41) is 0. The average molecular weight is 426 g/mol. The summed E-state index contributed by atoms with van der Waals surface area (Å²) in [7, 11) is 0. The van der Waals surface area contributed by atoms with Crippen LogP contribution in [0.5, 0.6) is 0 Å². The Labute approximate surface area is 181 Å². The Morgan fingerprint density at radius 2 is 1.06 bits per heavy atom. The molecule has 7 nitrogen and oxygen atoms in total. The fourth-order valence-electron chi connectivity index (χ4n) is 4.32. The lowest BCUT2D eigenvalue weighted by atomic mass is 10.1. The quantitative estimate of drug-likeness (QED) is 0.601. The van der Waals surface area contributed by atoms with Crippen LogP contribution in [0.4, 0.5) is 0 Å². The Balaban J connectivity index is 0.951. The molecule has 4 saturated heterocycles. The van der Waals surface area contributed by atoms with Crippen molar-refractivity contribution in [2.24, 2.45) is 0 Å². The molecule has 6 rings (SSSR count). The lowest BCUT2D eigenvalue weighted by molar-refractivity contribution is -0.216. The smallest absolute Gasteiger partial charge is 0.186 e. The summed E-state index contributed by atoms with van der Waals surface area (Å²) in [5.41, 5.74) is 2.23. The van der Waals surface area contributed by atoms with Gasteiger partial charge in [0.25, 0.3) is 0 Å². The highest BCUT2D eigenvalue weighted by Gasteiger charge is 2.60. The molecule has 4 aliphatic heterocycles. The molecule has 0 aliphatic carbocycles. The van der Waals surface area contributed by atoms with E-state index in [2.05, 4.69) is 0 Å². The molecule has 0 spiro atoms. The molecule has 2 aromatic rings. The van der Waals surface area contributed by atoms with Gasteiger partial charge in [-0.05, 0) is 11.1 Å². The standard InChI is InChI=1S/C24H26O7/c1-3-7-15(8-4-1)11-25-23-21-19(30-21)17(13-27-23)29-18-14-28-24(22-20(18)31-22)26-12-16-9-5-2-6-10-16/h1-10,17-24H,11-14H2/t17-,18-,19-,20+,21-,22+,23-,24+/m1/s1. The molecule has 31 heavy (non-hydrogen) atoms. The van der Waals surface area contributed by atoms with Gasteiger partial charge in [0.2, 0.25) is 0 Å². The summed E-state index contributed by atoms with van der Waals surface area (Å²) in [5.74, 6) is 0. The minimum Gasteiger partial charge on any atom is -0.365 e. The highest BCUT2D eigenvalue weighted by atomic mass is 16.8. The Bertz CT molecular complexity index is 791. The van der Waals surface area contributed by atoms with Crippen LogP contribution < -0.4 is 0 Å². The van der Waals surface area contributed by atoms with E-state index in [9.17, 15) is 0 Å². The van der Waals surface area contributed by atoms with Crippen LogP contribution in [0.1, 0.15) is 11.1 Å². The Hall–Kier alpha value is -1.84. The second-order valence-corrected chi connectivity index (χ2v) is 8.34. The number of rotatable bonds is 8. The Morgan fingerprint density at radius 3 is 1.52 bits per heavy atom. The second-order valence-electron chi connectivity index (χ2n) is 8.34. The van der Waals surface area contributed by atoms with Crippen LogP contribution in [-0.4, -0.2) is 62.4 Å². The minimum absolute atomic E-state index is 0.00113. The summed E-state index contributed by atoms with van der Waals surface area (Å²) in [6.07, 6.45) is -1.14. The maximum atomic E-state index is 6.25. The molecule has 164 valence electrons. The molecule has 0 saturated carbocycles. The zero-order valence-electron chi connectivity index (χ0n) is 17.1. The molecule has 4 fully saturated rings. The number of ether oxygens (including phenoxy) is 7. The van der Waals surface area contributed by atoms with Crippen LogP contribution in [0, 0.1) is 0 Å². The van der Waals surface area contributed by atoms with Crippen LogP contribution in [0.15, 0.2) is 60.7 Å². The van der Waals surface area contributed by atoms with Crippen molar-refractivity contribution >= 4 is 0 Å². The van der Waals surface area contributed by atoms with Gasteiger partial charge in [-0.1, -0.05) is 60.7 Å². The maximum Gasteiger partial charge on any atom is 0.186 e. The molecule has 2 aromatic carbocycles. The number of hydrogen-bond acceptors (Lipinski definition) is 7. The summed E-state index contributed by atoms with van der Waals surface area (Å²) in [6.45, 7) is 1.87. The van der Waals surface area contributed by atoms with E-state index in [1.54, 1.807) is 0 Å². The van der Waals surface area contributed by atoms with E-state index < -0.39 is 0 Å². The fraction of sp³-hybridized carbons (Fsp3) is 0.500. The fourth-order valence-corrected chi connectivity index (χ4v) is 4.32. The molecule has 0 N–H and O–H groups in total. The van der Waals surface area contributed by atoms with Crippen molar-refractivity contribution in [2.45, 2.75) is 62.4 Å². The lowest BCUT2D eigenvalue weighted by Crippen LogP contribution is -2.46. The van der Waals surface area contributed by atoms with Gasteiger partial charge in [-0.25, -0.2) is 0 Å². The van der Waals surface area contributed by atoms with Crippen molar-refractivity contribution in [1.29, 1.82) is 0 Å². The van der Waals surface area contributed by atoms with Gasteiger partial charge in [-0.2, -0.15) is 0 Å². The third-order valence-corrected chi connectivity index (χ3v) is 6.11. The van der Waals surface area contributed by atoms with E-state index in [0.717, 1.165) is 11.1 Å². The van der Waals surface area contributed by atoms with Gasteiger partial charge in [-0.3, -0.25) is 0 Å². The van der Waals surface area contributed by atoms with Gasteiger partial charge in [-0.15, -0.1) is 0 Å². The van der Waals surface area contributed by atoms with E-state index in [1.165, 1.54) is 0 Å². The molecule has 0 bridgehead atoms. The third kappa shape index (κ3) is 4.40. The molecular weight excluding hydrogens is 400 g/mol. The largest absolute Gasteiger partial charge is 0.365 e. The van der Waals surface area contributed by atoms with Crippen LogP contribution >= 0.6 is 0 Å². The number of hydrogen-bond donors (Lipinski definition) is 0. The summed E-state index contributed by atoms with van der Waals surface area (Å²) in [6, 6.07) is 20.1. The molecule has 0 amide bonds. The lowest BCUT2D eigenvalue weighted by Gasteiger charge is -2.31. The first-order valence-corrected chi connectivity index (χ1v) is 10.9. The maximum absolute atomic E-state index is 6.25. The first kappa shape index (κ1) is 19.8. The molecule has 0 aromatic heterocycles. The van der Waals surface area contributed by atoms with Crippen LogP contribution in [0.25, 0.3) is 0 Å². The topological polar surface area (TPSA) is 71.2 Å². The van der Waals surface area contributed by atoms with E-state index in [-0.39, 0.29) is 49.2 Å². The van der Waals surface area contributed by atoms with Gasteiger partial charge >= 0.3 is 0 Å². The number of fused-ring (bicyclic) bond motifs is 2. The molecule has 0 unspecified atom stereocenters. The zero-order valence-corrected chi connectivity index (χ0v) is 17.1. The number of epoxide rings is 2. The summed E-state index contributed by atoms with van der Waals surface area (Å²) < 4.78 is 41.4. The van der Waals surface area contributed by atoms with Gasteiger partial charge < -0.3 is 33.2 Å². The van der Waals surface area contributed by atoms with E-state index >= 15 is 0 Å². The molecule has 0 radical (unpaired) electrons. The molecule has 7 heteroatoms. The highest BCUT2D eigenvalue weighted by Crippen LogP contribution is 2.41. The summed E-state index contributed by atoms with van der Waals surface area (Å²) >= 11 is 0. The van der Waals surface area contributed by atoms with Crippen molar-refractivity contribution in [2.75, 3.05) is 13.2 Å². The van der Waals surface area contributed by atoms with Gasteiger partial charge in [0, 0.05) is 0 Å². The van der Waals surface area contributed by atoms with E-state index in [4.69, 9.17) is 33.2 Å². The van der Waals surface area contributed by atoms with Gasteiger partial charge in [0.1, 0.15) is 36.6 Å². The minimum atomic E-state index is -0.353. The predicted molar refractivity (Wildman–Crippen MR) is 108 cm³/mol. The van der Waals surface area contributed by atoms with Crippen molar-refractivity contribution < 1.29 is 33.2 Å². The van der Waals surface area contributed by atoms with E-state index in [1.807, 2.05) is 60.7 Å². The van der Waals surface area contributed by atoms with Crippen LogP contribution in [-0.2, 0) is 46.4 Å². The van der Waals surface area contributed by atoms with Crippen molar-refractivity contribution in [3.8, 4) is 0 Å². The average Bonchev–Trinajstić information content (AvgIpc) is 3.73. The van der Waals surface area contributed by atoms with Crippen LogP contribution in [0.3, 0.4) is 0 Å². The summed E-state index contributed by atoms with van der Waals surface area (Å²) in [4.78, 5) is 0. The van der Waals surface area contributed by atoms with Gasteiger partial charge in [0.05, 0.1) is 26.4 Å². The highest BCUT2D eigenvalue weighted by molar-refractivity contribution is 5.14. The van der Waals surface area contributed by atoms with Gasteiger partial charge in [0.15, 0.2) is 12.6 Å². The molecule has 4 aliphatic rings. The Kier molecular flexibility index (Phi) is 5.49. The normalized spacial score (nSPS) is 38.2. The SMILES string of the molecule is c1ccc(CO[C@H]2OC[C@@H](O[C@@H]3CO[C@@H](OCc4ccccc4)[C@@H]4O[C@@H]43)[C@@H]3O[C@H]23)cc1.